The number of anilines is 4. The lowest BCUT2D eigenvalue weighted by Gasteiger charge is -2.37. The van der Waals surface area contributed by atoms with Crippen molar-refractivity contribution in [1.82, 2.24) is 0 Å². The van der Waals surface area contributed by atoms with E-state index < -0.39 is 6.17 Å². The van der Waals surface area contributed by atoms with E-state index in [9.17, 15) is 4.39 Å². The highest BCUT2D eigenvalue weighted by molar-refractivity contribution is 6.12. The molecule has 2 heterocycles. The van der Waals surface area contributed by atoms with Gasteiger partial charge in [0.05, 0.1) is 0 Å². The van der Waals surface area contributed by atoms with E-state index in [-0.39, 0.29) is 6.10 Å². The van der Waals surface area contributed by atoms with Crippen molar-refractivity contribution < 1.29 is 13.9 Å². The third-order valence-electron chi connectivity index (χ3n) is 11.2. The number of rotatable bonds is 6. The Balaban J connectivity index is 0.987. The van der Waals surface area contributed by atoms with Crippen LogP contribution in [0, 0.1) is 0 Å². The molecule has 55 heavy (non-hydrogen) atoms. The lowest BCUT2D eigenvalue weighted by atomic mass is 9.84. The second-order valence-corrected chi connectivity index (χ2v) is 14.5. The van der Waals surface area contributed by atoms with Crippen LogP contribution in [-0.2, 0) is 0 Å². The Morgan fingerprint density at radius 3 is 2.02 bits per heavy atom. The first-order chi connectivity index (χ1) is 27.2. The Morgan fingerprint density at radius 2 is 1.22 bits per heavy atom. The number of fused-ring (bicyclic) bond motifs is 5. The third kappa shape index (κ3) is 5.26. The van der Waals surface area contributed by atoms with Gasteiger partial charge in [-0.3, -0.25) is 0 Å². The molecule has 2 aliphatic heterocycles. The van der Waals surface area contributed by atoms with Gasteiger partial charge < -0.3 is 19.3 Å². The summed E-state index contributed by atoms with van der Waals surface area (Å²) in [4.78, 5) is 4.52. The highest BCUT2D eigenvalue weighted by atomic mass is 19.1. The van der Waals surface area contributed by atoms with Gasteiger partial charge in [0.25, 0.3) is 0 Å². The zero-order valence-electron chi connectivity index (χ0n) is 29.9. The summed E-state index contributed by atoms with van der Waals surface area (Å²) in [7, 11) is 0. The molecule has 7 aromatic rings. The normalized spacial score (nSPS) is 17.6. The molecule has 0 spiro atoms. The Bertz CT molecular complexity index is 2800. The van der Waals surface area contributed by atoms with E-state index in [1.165, 1.54) is 16.3 Å². The van der Waals surface area contributed by atoms with Crippen molar-refractivity contribution in [3.8, 4) is 28.4 Å². The quantitative estimate of drug-likeness (QED) is 0.171. The van der Waals surface area contributed by atoms with Gasteiger partial charge >= 0.3 is 0 Å². The maximum Gasteiger partial charge on any atom is 0.137 e. The van der Waals surface area contributed by atoms with Gasteiger partial charge in [-0.15, -0.1) is 0 Å². The number of para-hydroxylation sites is 2. The van der Waals surface area contributed by atoms with Crippen LogP contribution < -0.4 is 19.3 Å². The standard InChI is InChI=1S/C50H35FN2O2/c51-34-16-19-37(20-17-34)52(35-11-3-1-4-12-35)39-21-23-41-43-25-28-46-50-44(26-27-45(49(43)50)54-47(41)30-39)42-24-22-40(31-48(42)55-46)53(36-13-5-2-6-14-36)38-18-15-32-9-7-8-10-33(32)29-38/h1-16,18-29,31,34,47H,17,30H2. The number of allylic oxidation sites excluding steroid dienone is 5. The Labute approximate surface area is 319 Å². The third-order valence-corrected chi connectivity index (χ3v) is 11.2. The summed E-state index contributed by atoms with van der Waals surface area (Å²) < 4.78 is 27.8. The second-order valence-electron chi connectivity index (χ2n) is 14.5. The summed E-state index contributed by atoms with van der Waals surface area (Å²) in [6.07, 6.45) is 9.84. The summed E-state index contributed by atoms with van der Waals surface area (Å²) in [5.41, 5.74) is 10.8. The number of ether oxygens (including phenoxy) is 2. The zero-order valence-corrected chi connectivity index (χ0v) is 29.9. The van der Waals surface area contributed by atoms with E-state index in [0.717, 1.165) is 78.9 Å². The first-order valence-electron chi connectivity index (χ1n) is 18.9. The molecule has 0 bridgehead atoms. The number of hydrogen-bond donors (Lipinski definition) is 0. The minimum atomic E-state index is -0.953. The van der Waals surface area contributed by atoms with Crippen molar-refractivity contribution >= 4 is 49.9 Å². The molecule has 0 aromatic heterocycles. The Hall–Kier alpha value is -6.85. The average molecular weight is 715 g/mol. The van der Waals surface area contributed by atoms with Crippen LogP contribution in [-0.4, -0.2) is 12.3 Å². The molecule has 2 atom stereocenters. The molecule has 5 heteroatoms. The summed E-state index contributed by atoms with van der Waals surface area (Å²) in [5.74, 6) is 2.50. The summed E-state index contributed by atoms with van der Waals surface area (Å²) >= 11 is 0. The molecule has 0 radical (unpaired) electrons. The topological polar surface area (TPSA) is 24.9 Å². The fraction of sp³-hybridized carbons (Fsp3) is 0.0800. The Morgan fingerprint density at radius 1 is 0.545 bits per heavy atom. The van der Waals surface area contributed by atoms with Crippen LogP contribution in [0.15, 0.2) is 187 Å². The summed E-state index contributed by atoms with van der Waals surface area (Å²) in [6.45, 7) is 0. The van der Waals surface area contributed by atoms with E-state index in [1.54, 1.807) is 6.08 Å². The smallest absolute Gasteiger partial charge is 0.137 e. The molecule has 4 nitrogen and oxygen atoms in total. The average Bonchev–Trinajstić information content (AvgIpc) is 3.24. The van der Waals surface area contributed by atoms with E-state index >= 15 is 0 Å². The largest absolute Gasteiger partial charge is 0.485 e. The number of halogens is 1. The summed E-state index contributed by atoms with van der Waals surface area (Å²) in [6, 6.07) is 51.0. The lowest BCUT2D eigenvalue weighted by Crippen LogP contribution is -2.31. The highest BCUT2D eigenvalue weighted by Gasteiger charge is 2.35. The molecule has 2 unspecified atom stereocenters. The van der Waals surface area contributed by atoms with Crippen molar-refractivity contribution in [3.63, 3.8) is 0 Å². The molecule has 11 rings (SSSR count). The van der Waals surface area contributed by atoms with E-state index in [1.807, 2.05) is 36.4 Å². The van der Waals surface area contributed by atoms with Crippen LogP contribution in [0.3, 0.4) is 0 Å². The molecule has 0 saturated carbocycles. The SMILES string of the molecule is FC1C=CC(N(C2=CC=C3c4ccc5c6c(ccc(c46)OC3C2)-c2ccc(N(c3ccccc3)c3ccc4ccccc4c3)cc2O5)c2ccccc2)=CC1. The molecular weight excluding hydrogens is 680 g/mol. The van der Waals surface area contributed by atoms with Gasteiger partial charge in [0.15, 0.2) is 0 Å². The second kappa shape index (κ2) is 12.6. The number of nitrogens with zero attached hydrogens (tertiary/aromatic N) is 2. The lowest BCUT2D eigenvalue weighted by molar-refractivity contribution is 0.255. The van der Waals surface area contributed by atoms with Crippen LogP contribution in [0.1, 0.15) is 18.4 Å². The first-order valence-corrected chi connectivity index (χ1v) is 18.9. The molecule has 0 saturated heterocycles. The minimum Gasteiger partial charge on any atom is -0.485 e. The van der Waals surface area contributed by atoms with Gasteiger partial charge in [-0.1, -0.05) is 84.9 Å². The van der Waals surface area contributed by atoms with Crippen molar-refractivity contribution in [2.24, 2.45) is 0 Å². The van der Waals surface area contributed by atoms with Gasteiger partial charge in [0.2, 0.25) is 0 Å². The fourth-order valence-corrected chi connectivity index (χ4v) is 8.65. The first kappa shape index (κ1) is 31.7. The van der Waals surface area contributed by atoms with E-state index in [0.29, 0.717) is 12.8 Å². The highest BCUT2D eigenvalue weighted by Crippen LogP contribution is 2.54. The molecule has 264 valence electrons. The number of hydrogen-bond acceptors (Lipinski definition) is 4. The van der Waals surface area contributed by atoms with Crippen LogP contribution in [0.4, 0.5) is 27.1 Å². The van der Waals surface area contributed by atoms with Gasteiger partial charge in [0, 0.05) is 75.0 Å². The fourth-order valence-electron chi connectivity index (χ4n) is 8.65. The van der Waals surface area contributed by atoms with Crippen molar-refractivity contribution in [2.75, 3.05) is 9.80 Å². The minimum absolute atomic E-state index is 0.168. The van der Waals surface area contributed by atoms with Crippen molar-refractivity contribution in [2.45, 2.75) is 25.1 Å². The van der Waals surface area contributed by atoms with Gasteiger partial charge in [-0.05, 0) is 107 Å². The maximum atomic E-state index is 14.1. The van der Waals surface area contributed by atoms with Gasteiger partial charge in [-0.25, -0.2) is 4.39 Å². The number of alkyl halides is 1. The predicted octanol–water partition coefficient (Wildman–Crippen LogP) is 13.4. The van der Waals surface area contributed by atoms with Gasteiger partial charge in [-0.2, -0.15) is 0 Å². The zero-order chi connectivity index (χ0) is 36.5. The molecular formula is C50H35FN2O2. The Kier molecular flexibility index (Phi) is 7.27. The summed E-state index contributed by atoms with van der Waals surface area (Å²) in [5, 5.41) is 4.55. The molecule has 0 N–H and O–H groups in total. The van der Waals surface area contributed by atoms with Gasteiger partial charge in [0.1, 0.15) is 29.5 Å². The van der Waals surface area contributed by atoms with Crippen LogP contribution in [0.2, 0.25) is 0 Å². The van der Waals surface area contributed by atoms with E-state index in [2.05, 4.69) is 143 Å². The monoisotopic (exact) mass is 714 g/mol. The van der Waals surface area contributed by atoms with E-state index in [4.69, 9.17) is 9.47 Å². The predicted molar refractivity (Wildman–Crippen MR) is 222 cm³/mol. The van der Waals surface area contributed by atoms with Crippen LogP contribution in [0.25, 0.3) is 38.2 Å². The number of benzene rings is 7. The van der Waals surface area contributed by atoms with Crippen molar-refractivity contribution in [3.05, 3.63) is 193 Å². The molecule has 0 amide bonds. The molecule has 4 aliphatic rings. The molecule has 2 aliphatic carbocycles. The molecule has 7 aromatic carbocycles. The van der Waals surface area contributed by atoms with Crippen LogP contribution >= 0.6 is 0 Å². The molecule has 0 fully saturated rings. The van der Waals surface area contributed by atoms with Crippen LogP contribution in [0.5, 0.6) is 17.2 Å². The maximum absolute atomic E-state index is 14.1. The van der Waals surface area contributed by atoms with Crippen molar-refractivity contribution in [1.29, 1.82) is 0 Å².